The van der Waals surface area contributed by atoms with Gasteiger partial charge in [0.15, 0.2) is 0 Å². The van der Waals surface area contributed by atoms with Gasteiger partial charge in [0.25, 0.3) is 0 Å². The Morgan fingerprint density at radius 2 is 1.72 bits per heavy atom. The van der Waals surface area contributed by atoms with Crippen molar-refractivity contribution in [2.45, 2.75) is 22.8 Å². The van der Waals surface area contributed by atoms with Gasteiger partial charge in [-0.25, -0.2) is 13.4 Å². The summed E-state index contributed by atoms with van der Waals surface area (Å²) in [6.45, 7) is 1.14. The molecule has 4 rings (SSSR count). The number of para-hydroxylation sites is 1. The van der Waals surface area contributed by atoms with E-state index in [9.17, 15) is 13.2 Å². The number of amides is 1. The molecule has 0 atom stereocenters. The summed E-state index contributed by atoms with van der Waals surface area (Å²) in [5, 5.41) is 4.65. The number of rotatable bonds is 6. The quantitative estimate of drug-likeness (QED) is 0.606. The van der Waals surface area contributed by atoms with E-state index in [1.807, 2.05) is 36.4 Å². The Labute approximate surface area is 174 Å². The van der Waals surface area contributed by atoms with Crippen LogP contribution < -0.4 is 5.32 Å². The fourth-order valence-electron chi connectivity index (χ4n) is 3.25. The van der Waals surface area contributed by atoms with E-state index in [2.05, 4.69) is 10.3 Å². The Kier molecular flexibility index (Phi) is 5.84. The average Bonchev–Trinajstić information content (AvgIpc) is 3.28. The highest BCUT2D eigenvalue weighted by Gasteiger charge is 2.26. The number of pyridine rings is 1. The van der Waals surface area contributed by atoms with Crippen LogP contribution in [0.4, 0.5) is 5.69 Å². The van der Waals surface area contributed by atoms with Crippen LogP contribution in [-0.2, 0) is 14.8 Å². The van der Waals surface area contributed by atoms with Gasteiger partial charge in [-0.1, -0.05) is 36.0 Å². The predicted molar refractivity (Wildman–Crippen MR) is 116 cm³/mol. The Morgan fingerprint density at radius 3 is 2.48 bits per heavy atom. The molecule has 29 heavy (non-hydrogen) atoms. The molecular formula is C21H21N3O3S2. The van der Waals surface area contributed by atoms with E-state index in [1.165, 1.54) is 16.1 Å². The lowest BCUT2D eigenvalue weighted by atomic mass is 10.2. The first-order valence-corrected chi connectivity index (χ1v) is 11.8. The van der Waals surface area contributed by atoms with Crippen molar-refractivity contribution in [1.82, 2.24) is 9.29 Å². The smallest absolute Gasteiger partial charge is 0.243 e. The first-order valence-electron chi connectivity index (χ1n) is 9.41. The highest BCUT2D eigenvalue weighted by molar-refractivity contribution is 7.99. The van der Waals surface area contributed by atoms with Gasteiger partial charge >= 0.3 is 0 Å². The van der Waals surface area contributed by atoms with Crippen molar-refractivity contribution in [1.29, 1.82) is 0 Å². The van der Waals surface area contributed by atoms with E-state index in [0.717, 1.165) is 28.8 Å². The number of anilines is 1. The number of benzene rings is 2. The van der Waals surface area contributed by atoms with Crippen LogP contribution in [0.5, 0.6) is 0 Å². The number of nitrogens with one attached hydrogen (secondary N) is 1. The molecule has 1 aliphatic rings. The molecule has 3 aromatic rings. The predicted octanol–water partition coefficient (Wildman–Crippen LogP) is 3.75. The molecule has 1 fully saturated rings. The molecule has 1 aliphatic heterocycles. The summed E-state index contributed by atoms with van der Waals surface area (Å²) in [7, 11) is -3.44. The second-order valence-electron chi connectivity index (χ2n) is 6.81. The number of carbonyl (C=O) groups is 1. The van der Waals surface area contributed by atoms with Gasteiger partial charge in [-0.3, -0.25) is 4.79 Å². The van der Waals surface area contributed by atoms with Gasteiger partial charge in [-0.15, -0.1) is 0 Å². The third-order valence-corrected chi connectivity index (χ3v) is 7.61. The van der Waals surface area contributed by atoms with Crippen LogP contribution in [0.3, 0.4) is 0 Å². The van der Waals surface area contributed by atoms with Gasteiger partial charge in [0.1, 0.15) is 0 Å². The molecule has 0 spiro atoms. The maximum Gasteiger partial charge on any atom is 0.243 e. The van der Waals surface area contributed by atoms with Crippen LogP contribution in [0.2, 0.25) is 0 Å². The molecule has 1 N–H and O–H groups in total. The molecule has 2 heterocycles. The fraction of sp³-hybridized carbons (Fsp3) is 0.238. The van der Waals surface area contributed by atoms with E-state index >= 15 is 0 Å². The number of thioether (sulfide) groups is 1. The Bertz CT molecular complexity index is 1130. The standard InChI is InChI=1S/C21H21N3O3S2/c25-20(15-28-21-12-7-16-5-1-2-6-19(16)23-21)22-17-8-10-18(11-9-17)29(26,27)24-13-3-4-14-24/h1-2,5-12H,3-4,13-15H2,(H,22,25). The van der Waals surface area contributed by atoms with E-state index in [-0.39, 0.29) is 16.6 Å². The van der Waals surface area contributed by atoms with Crippen LogP contribution in [0, 0.1) is 0 Å². The van der Waals surface area contributed by atoms with Crippen LogP contribution >= 0.6 is 11.8 Å². The topological polar surface area (TPSA) is 79.4 Å². The molecule has 1 amide bonds. The zero-order valence-corrected chi connectivity index (χ0v) is 17.4. The average molecular weight is 428 g/mol. The lowest BCUT2D eigenvalue weighted by molar-refractivity contribution is -0.113. The summed E-state index contributed by atoms with van der Waals surface area (Å²) < 4.78 is 26.6. The highest BCUT2D eigenvalue weighted by atomic mass is 32.2. The van der Waals surface area contributed by atoms with Crippen molar-refractivity contribution < 1.29 is 13.2 Å². The number of hydrogen-bond acceptors (Lipinski definition) is 5. The number of sulfonamides is 1. The van der Waals surface area contributed by atoms with Gasteiger partial charge in [0.05, 0.1) is 21.2 Å². The van der Waals surface area contributed by atoms with Crippen LogP contribution in [0.1, 0.15) is 12.8 Å². The molecule has 0 saturated carbocycles. The first kappa shape index (κ1) is 19.9. The first-order chi connectivity index (χ1) is 14.0. The number of fused-ring (bicyclic) bond motifs is 1. The van der Waals surface area contributed by atoms with Crippen molar-refractivity contribution in [3.8, 4) is 0 Å². The number of hydrogen-bond donors (Lipinski definition) is 1. The minimum absolute atomic E-state index is 0.167. The number of aromatic nitrogens is 1. The van der Waals surface area contributed by atoms with Crippen molar-refractivity contribution >= 4 is 44.3 Å². The molecule has 8 heteroatoms. The number of nitrogens with zero attached hydrogens (tertiary/aromatic N) is 2. The summed E-state index contributed by atoms with van der Waals surface area (Å²) in [4.78, 5) is 17.1. The van der Waals surface area contributed by atoms with Crippen LogP contribution in [0.25, 0.3) is 10.9 Å². The Balaban J connectivity index is 1.35. The van der Waals surface area contributed by atoms with E-state index in [4.69, 9.17) is 0 Å². The summed E-state index contributed by atoms with van der Waals surface area (Å²) in [6.07, 6.45) is 1.80. The summed E-state index contributed by atoms with van der Waals surface area (Å²) >= 11 is 1.36. The minimum atomic E-state index is -3.44. The van der Waals surface area contributed by atoms with Gasteiger partial charge in [-0.05, 0) is 49.2 Å². The molecule has 2 aromatic carbocycles. The Hall–Kier alpha value is -2.42. The molecule has 1 saturated heterocycles. The highest BCUT2D eigenvalue weighted by Crippen LogP contribution is 2.23. The maximum atomic E-state index is 12.5. The second kappa shape index (κ2) is 8.52. The van der Waals surface area contributed by atoms with Crippen LogP contribution in [-0.4, -0.2) is 42.5 Å². The van der Waals surface area contributed by atoms with E-state index in [1.54, 1.807) is 24.3 Å². The molecule has 0 radical (unpaired) electrons. The van der Waals surface area contributed by atoms with Crippen LogP contribution in [0.15, 0.2) is 70.6 Å². The van der Waals surface area contributed by atoms with E-state index in [0.29, 0.717) is 18.8 Å². The van der Waals surface area contributed by atoms with Crippen molar-refractivity contribution in [2.75, 3.05) is 24.2 Å². The number of carbonyl (C=O) groups excluding carboxylic acids is 1. The third kappa shape index (κ3) is 4.60. The Morgan fingerprint density at radius 1 is 1.00 bits per heavy atom. The fourth-order valence-corrected chi connectivity index (χ4v) is 5.45. The molecule has 0 unspecified atom stereocenters. The molecule has 1 aromatic heterocycles. The lowest BCUT2D eigenvalue weighted by Crippen LogP contribution is -2.27. The third-order valence-electron chi connectivity index (χ3n) is 4.76. The molecular weight excluding hydrogens is 406 g/mol. The maximum absolute atomic E-state index is 12.5. The van der Waals surface area contributed by atoms with Crippen molar-refractivity contribution in [3.05, 3.63) is 60.7 Å². The molecule has 6 nitrogen and oxygen atoms in total. The second-order valence-corrected chi connectivity index (χ2v) is 9.75. The van der Waals surface area contributed by atoms with E-state index < -0.39 is 10.0 Å². The van der Waals surface area contributed by atoms with Crippen molar-refractivity contribution in [3.63, 3.8) is 0 Å². The molecule has 150 valence electrons. The van der Waals surface area contributed by atoms with Gasteiger partial charge < -0.3 is 5.32 Å². The summed E-state index contributed by atoms with van der Waals surface area (Å²) in [5.41, 5.74) is 1.47. The lowest BCUT2D eigenvalue weighted by Gasteiger charge is -2.15. The molecule has 0 aliphatic carbocycles. The summed E-state index contributed by atoms with van der Waals surface area (Å²) in [5.74, 6) is 0.0548. The van der Waals surface area contributed by atoms with Gasteiger partial charge in [-0.2, -0.15) is 4.31 Å². The summed E-state index contributed by atoms with van der Waals surface area (Å²) in [6, 6.07) is 18.1. The van der Waals surface area contributed by atoms with Gasteiger partial charge in [0, 0.05) is 24.2 Å². The normalized spacial score (nSPS) is 14.9. The van der Waals surface area contributed by atoms with Gasteiger partial charge in [0.2, 0.25) is 15.9 Å². The zero-order valence-electron chi connectivity index (χ0n) is 15.7. The molecule has 0 bridgehead atoms. The monoisotopic (exact) mass is 427 g/mol. The zero-order chi connectivity index (χ0) is 20.3. The SMILES string of the molecule is O=C(CSc1ccc2ccccc2n1)Nc1ccc(S(=O)(=O)N2CCCC2)cc1. The minimum Gasteiger partial charge on any atom is -0.325 e. The van der Waals surface area contributed by atoms with Crippen molar-refractivity contribution in [2.24, 2.45) is 0 Å². The largest absolute Gasteiger partial charge is 0.325 e.